The Bertz CT molecular complexity index is 623. The maximum Gasteiger partial charge on any atom is 0.123 e. The molecule has 0 bridgehead atoms. The molecule has 2 N–H and O–H groups in total. The van der Waals surface area contributed by atoms with Crippen LogP contribution in [0.3, 0.4) is 0 Å². The highest BCUT2D eigenvalue weighted by molar-refractivity contribution is 5.85. The number of benzene rings is 2. The van der Waals surface area contributed by atoms with Gasteiger partial charge in [0.25, 0.3) is 0 Å². The average molecular weight is 323 g/mol. The first kappa shape index (κ1) is 16.7. The van der Waals surface area contributed by atoms with Gasteiger partial charge in [0.2, 0.25) is 0 Å². The number of anilines is 1. The van der Waals surface area contributed by atoms with E-state index >= 15 is 0 Å². The summed E-state index contributed by atoms with van der Waals surface area (Å²) < 4.78 is 19.1. The second-order valence-corrected chi connectivity index (χ2v) is 5.39. The number of ether oxygens (including phenoxy) is 1. The smallest absolute Gasteiger partial charge is 0.123 e. The van der Waals surface area contributed by atoms with Crippen LogP contribution in [0.5, 0.6) is 0 Å². The van der Waals surface area contributed by atoms with Crippen molar-refractivity contribution in [2.24, 2.45) is 0 Å². The predicted octanol–water partition coefficient (Wildman–Crippen LogP) is 3.40. The Balaban J connectivity index is 0.00000176. The van der Waals surface area contributed by atoms with Crippen molar-refractivity contribution in [2.75, 3.05) is 25.4 Å². The summed E-state index contributed by atoms with van der Waals surface area (Å²) in [7, 11) is 0. The van der Waals surface area contributed by atoms with E-state index in [0.29, 0.717) is 6.61 Å². The minimum atomic E-state index is -0.218. The fraction of sp³-hybridized carbons (Fsp3) is 0.294. The summed E-state index contributed by atoms with van der Waals surface area (Å²) >= 11 is 0. The van der Waals surface area contributed by atoms with Gasteiger partial charge >= 0.3 is 0 Å². The highest BCUT2D eigenvalue weighted by Gasteiger charge is 2.22. The van der Waals surface area contributed by atoms with Gasteiger partial charge < -0.3 is 10.5 Å². The highest BCUT2D eigenvalue weighted by Crippen LogP contribution is 2.24. The lowest BCUT2D eigenvalue weighted by molar-refractivity contribution is -0.0330. The first-order valence-corrected chi connectivity index (χ1v) is 7.14. The molecular formula is C17H20ClFN2O. The lowest BCUT2D eigenvalue weighted by Gasteiger charge is -2.33. The third-order valence-corrected chi connectivity index (χ3v) is 3.73. The Hall–Kier alpha value is -1.62. The van der Waals surface area contributed by atoms with Gasteiger partial charge in [0.15, 0.2) is 0 Å². The number of morpholine rings is 1. The Labute approximate surface area is 136 Å². The van der Waals surface area contributed by atoms with Gasteiger partial charge in [-0.15, -0.1) is 12.4 Å². The van der Waals surface area contributed by atoms with Crippen molar-refractivity contribution in [3.8, 4) is 0 Å². The zero-order valence-electron chi connectivity index (χ0n) is 12.2. The molecular weight excluding hydrogens is 303 g/mol. The molecule has 3 rings (SSSR count). The van der Waals surface area contributed by atoms with Crippen molar-refractivity contribution >= 4 is 18.1 Å². The monoisotopic (exact) mass is 322 g/mol. The van der Waals surface area contributed by atoms with Crippen LogP contribution in [0.2, 0.25) is 0 Å². The Morgan fingerprint density at radius 3 is 2.77 bits per heavy atom. The Morgan fingerprint density at radius 1 is 1.18 bits per heavy atom. The van der Waals surface area contributed by atoms with Gasteiger partial charge in [0.05, 0.1) is 12.7 Å². The summed E-state index contributed by atoms with van der Waals surface area (Å²) in [5.74, 6) is -0.218. The third-order valence-electron chi connectivity index (χ3n) is 3.73. The normalized spacial score (nSPS) is 18.7. The van der Waals surface area contributed by atoms with E-state index in [1.807, 2.05) is 24.3 Å². The van der Waals surface area contributed by atoms with Crippen molar-refractivity contribution < 1.29 is 9.13 Å². The standard InChI is InChI=1S/C17H19FN2O.ClH/c18-15-5-2-4-14(10-15)17-12-20(7-8-21-17)11-13-3-1-6-16(19)9-13;/h1-6,9-10,17H,7-8,11-12,19H2;1H. The van der Waals surface area contributed by atoms with Crippen molar-refractivity contribution in [2.45, 2.75) is 12.6 Å². The highest BCUT2D eigenvalue weighted by atomic mass is 35.5. The number of hydrogen-bond acceptors (Lipinski definition) is 3. The van der Waals surface area contributed by atoms with E-state index in [2.05, 4.69) is 11.0 Å². The SMILES string of the molecule is Cl.Nc1cccc(CN2CCOC(c3cccc(F)c3)C2)c1. The first-order valence-electron chi connectivity index (χ1n) is 7.14. The topological polar surface area (TPSA) is 38.5 Å². The van der Waals surface area contributed by atoms with Crippen LogP contribution in [0.4, 0.5) is 10.1 Å². The van der Waals surface area contributed by atoms with Gasteiger partial charge in [-0.1, -0.05) is 24.3 Å². The molecule has 0 amide bonds. The summed E-state index contributed by atoms with van der Waals surface area (Å²) in [6.45, 7) is 3.13. The van der Waals surface area contributed by atoms with Crippen LogP contribution in [0.1, 0.15) is 17.2 Å². The fourth-order valence-corrected chi connectivity index (χ4v) is 2.70. The van der Waals surface area contributed by atoms with Crippen molar-refractivity contribution in [1.82, 2.24) is 4.90 Å². The van der Waals surface area contributed by atoms with Crippen LogP contribution in [0.25, 0.3) is 0 Å². The van der Waals surface area contributed by atoms with E-state index in [1.54, 1.807) is 12.1 Å². The van der Waals surface area contributed by atoms with Gasteiger partial charge in [-0.3, -0.25) is 4.90 Å². The molecule has 1 fully saturated rings. The average Bonchev–Trinajstić information content (AvgIpc) is 2.47. The van der Waals surface area contributed by atoms with Crippen LogP contribution >= 0.6 is 12.4 Å². The number of hydrogen-bond donors (Lipinski definition) is 1. The summed E-state index contributed by atoms with van der Waals surface area (Å²) in [6, 6.07) is 14.6. The fourth-order valence-electron chi connectivity index (χ4n) is 2.70. The molecule has 0 spiro atoms. The molecule has 2 aromatic rings. The lowest BCUT2D eigenvalue weighted by Crippen LogP contribution is -2.37. The van der Waals surface area contributed by atoms with Crippen molar-refractivity contribution in [1.29, 1.82) is 0 Å². The number of rotatable bonds is 3. The minimum absolute atomic E-state index is 0. The molecule has 118 valence electrons. The second-order valence-electron chi connectivity index (χ2n) is 5.39. The van der Waals surface area contributed by atoms with Gasteiger partial charge in [-0.25, -0.2) is 4.39 Å². The molecule has 0 aliphatic carbocycles. The molecule has 1 atom stereocenters. The number of halogens is 2. The van der Waals surface area contributed by atoms with Crippen molar-refractivity contribution in [3.63, 3.8) is 0 Å². The zero-order chi connectivity index (χ0) is 14.7. The molecule has 1 unspecified atom stereocenters. The molecule has 0 radical (unpaired) electrons. The molecule has 1 heterocycles. The number of nitrogens with zero attached hydrogens (tertiary/aromatic N) is 1. The zero-order valence-corrected chi connectivity index (χ0v) is 13.1. The third kappa shape index (κ3) is 4.19. The van der Waals surface area contributed by atoms with Crippen LogP contribution in [-0.2, 0) is 11.3 Å². The number of nitrogens with two attached hydrogens (primary N) is 1. The minimum Gasteiger partial charge on any atom is -0.399 e. The molecule has 0 saturated carbocycles. The first-order chi connectivity index (χ1) is 10.2. The van der Waals surface area contributed by atoms with E-state index < -0.39 is 0 Å². The van der Waals surface area contributed by atoms with Crippen LogP contribution < -0.4 is 5.73 Å². The van der Waals surface area contributed by atoms with Gasteiger partial charge in [-0.2, -0.15) is 0 Å². The maximum absolute atomic E-state index is 13.3. The molecule has 2 aromatic carbocycles. The van der Waals surface area contributed by atoms with Gasteiger partial charge in [0, 0.05) is 25.3 Å². The summed E-state index contributed by atoms with van der Waals surface area (Å²) in [4.78, 5) is 2.31. The summed E-state index contributed by atoms with van der Waals surface area (Å²) in [5.41, 5.74) is 8.68. The molecule has 22 heavy (non-hydrogen) atoms. The molecule has 3 nitrogen and oxygen atoms in total. The quantitative estimate of drug-likeness (QED) is 0.880. The van der Waals surface area contributed by atoms with E-state index in [4.69, 9.17) is 10.5 Å². The predicted molar refractivity (Wildman–Crippen MR) is 88.5 cm³/mol. The summed E-state index contributed by atoms with van der Waals surface area (Å²) in [5, 5.41) is 0. The second kappa shape index (κ2) is 7.58. The van der Waals surface area contributed by atoms with Crippen molar-refractivity contribution in [3.05, 3.63) is 65.5 Å². The van der Waals surface area contributed by atoms with E-state index in [9.17, 15) is 4.39 Å². The molecule has 0 aromatic heterocycles. The summed E-state index contributed by atoms with van der Waals surface area (Å²) in [6.07, 6.45) is -0.0736. The largest absolute Gasteiger partial charge is 0.399 e. The molecule has 1 saturated heterocycles. The van der Waals surface area contributed by atoms with E-state index in [1.165, 1.54) is 11.6 Å². The molecule has 1 aliphatic heterocycles. The maximum atomic E-state index is 13.3. The van der Waals surface area contributed by atoms with Gasteiger partial charge in [-0.05, 0) is 35.4 Å². The molecule has 1 aliphatic rings. The van der Waals surface area contributed by atoms with Gasteiger partial charge in [0.1, 0.15) is 5.82 Å². The van der Waals surface area contributed by atoms with Crippen LogP contribution in [0.15, 0.2) is 48.5 Å². The Morgan fingerprint density at radius 2 is 2.00 bits per heavy atom. The molecule has 5 heteroatoms. The lowest BCUT2D eigenvalue weighted by atomic mass is 10.1. The van der Waals surface area contributed by atoms with Crippen LogP contribution in [0, 0.1) is 5.82 Å². The Kier molecular flexibility index (Phi) is 5.77. The van der Waals surface area contributed by atoms with Crippen LogP contribution in [-0.4, -0.2) is 24.6 Å². The van der Waals surface area contributed by atoms with E-state index in [-0.39, 0.29) is 24.3 Å². The van der Waals surface area contributed by atoms with E-state index in [0.717, 1.165) is 30.9 Å². The number of nitrogen functional groups attached to an aromatic ring is 1.